The summed E-state index contributed by atoms with van der Waals surface area (Å²) in [7, 11) is 1.46. The maximum absolute atomic E-state index is 12.1. The summed E-state index contributed by atoms with van der Waals surface area (Å²) in [5, 5.41) is 2.65. The Hall–Kier alpha value is -1.51. The number of amides is 1. The Kier molecular flexibility index (Phi) is 9.62. The Bertz CT molecular complexity index is 483. The maximum Gasteiger partial charge on any atom is 0.422 e. The summed E-state index contributed by atoms with van der Waals surface area (Å²) in [6, 6.07) is 6.11. The van der Waals surface area contributed by atoms with Crippen molar-refractivity contribution in [3.05, 3.63) is 29.8 Å². The van der Waals surface area contributed by atoms with Crippen molar-refractivity contribution < 1.29 is 27.4 Å². The van der Waals surface area contributed by atoms with Gasteiger partial charge in [-0.25, -0.2) is 0 Å². The van der Waals surface area contributed by atoms with Crippen LogP contribution in [0.2, 0.25) is 0 Å². The molecule has 23 heavy (non-hydrogen) atoms. The monoisotopic (exact) mass is 356 g/mol. The van der Waals surface area contributed by atoms with Crippen LogP contribution < -0.4 is 15.8 Å². The molecule has 0 bridgehead atoms. The fraction of sp³-hybridized carbons (Fsp3) is 0.500. The maximum atomic E-state index is 12.1. The van der Waals surface area contributed by atoms with E-state index in [1.54, 1.807) is 12.1 Å². The van der Waals surface area contributed by atoms with E-state index in [1.807, 2.05) is 0 Å². The molecule has 0 saturated carbocycles. The zero-order chi connectivity index (χ0) is 16.6. The summed E-state index contributed by atoms with van der Waals surface area (Å²) in [5.41, 5.74) is 6.05. The number of rotatable bonds is 8. The van der Waals surface area contributed by atoms with Crippen molar-refractivity contribution in [3.8, 4) is 5.75 Å². The lowest BCUT2D eigenvalue weighted by Gasteiger charge is -2.13. The Morgan fingerprint density at radius 1 is 1.39 bits per heavy atom. The van der Waals surface area contributed by atoms with Crippen LogP contribution in [0.4, 0.5) is 13.2 Å². The lowest BCUT2D eigenvalue weighted by Crippen LogP contribution is -2.31. The van der Waals surface area contributed by atoms with Crippen molar-refractivity contribution in [2.45, 2.75) is 25.2 Å². The third-order valence-corrected chi connectivity index (χ3v) is 2.80. The van der Waals surface area contributed by atoms with Crippen LogP contribution in [0.25, 0.3) is 0 Å². The predicted octanol–water partition coefficient (Wildman–Crippen LogP) is 2.03. The van der Waals surface area contributed by atoms with E-state index in [9.17, 15) is 18.0 Å². The number of hydrogen-bond donors (Lipinski definition) is 2. The largest absolute Gasteiger partial charge is 0.484 e. The Labute approximate surface area is 138 Å². The molecular formula is C14H20ClF3N2O3. The number of nitrogens with one attached hydrogen (secondary N) is 1. The molecule has 1 aromatic rings. The number of ether oxygens (including phenoxy) is 2. The van der Waals surface area contributed by atoms with Crippen molar-refractivity contribution in [1.29, 1.82) is 0 Å². The normalized spacial score (nSPS) is 12.2. The topological polar surface area (TPSA) is 73.6 Å². The lowest BCUT2D eigenvalue weighted by molar-refractivity contribution is -0.153. The van der Waals surface area contributed by atoms with Gasteiger partial charge in [0.1, 0.15) is 5.75 Å². The van der Waals surface area contributed by atoms with Gasteiger partial charge in [0, 0.05) is 20.2 Å². The van der Waals surface area contributed by atoms with Crippen molar-refractivity contribution in [1.82, 2.24) is 5.32 Å². The van der Waals surface area contributed by atoms with Gasteiger partial charge < -0.3 is 20.5 Å². The fourth-order valence-corrected chi connectivity index (χ4v) is 1.65. The number of alkyl halides is 3. The highest BCUT2D eigenvalue weighted by atomic mass is 35.5. The number of carbonyl (C=O) groups is 1. The minimum atomic E-state index is -4.39. The van der Waals surface area contributed by atoms with Crippen LogP contribution in [-0.2, 0) is 16.1 Å². The molecule has 0 aliphatic carbocycles. The van der Waals surface area contributed by atoms with E-state index < -0.39 is 12.8 Å². The van der Waals surface area contributed by atoms with E-state index in [1.165, 1.54) is 19.2 Å². The number of carbonyl (C=O) groups excluding carboxylic acids is 1. The standard InChI is InChI=1S/C14H19F3N2O3.ClH/c1-21-12(7-18)6-13(20)19-8-10-3-2-4-11(5-10)22-9-14(15,16)17;/h2-5,12H,6-9,18H2,1H3,(H,19,20);1H. The summed E-state index contributed by atoms with van der Waals surface area (Å²) >= 11 is 0. The highest BCUT2D eigenvalue weighted by Crippen LogP contribution is 2.19. The Balaban J connectivity index is 0.00000484. The zero-order valence-corrected chi connectivity index (χ0v) is 13.4. The minimum absolute atomic E-state index is 0. The first-order chi connectivity index (χ1) is 10.3. The number of benzene rings is 1. The fourth-order valence-electron chi connectivity index (χ4n) is 1.65. The average molecular weight is 357 g/mol. The summed E-state index contributed by atoms with van der Waals surface area (Å²) in [4.78, 5) is 11.7. The van der Waals surface area contributed by atoms with Crippen LogP contribution in [0.5, 0.6) is 5.75 Å². The first-order valence-electron chi connectivity index (χ1n) is 6.62. The second-order valence-corrected chi connectivity index (χ2v) is 4.63. The van der Waals surface area contributed by atoms with Gasteiger partial charge in [0.15, 0.2) is 6.61 Å². The first kappa shape index (κ1) is 21.5. The molecule has 0 aliphatic rings. The van der Waals surface area contributed by atoms with Crippen LogP contribution in [0.1, 0.15) is 12.0 Å². The molecule has 0 heterocycles. The molecule has 1 atom stereocenters. The van der Waals surface area contributed by atoms with Gasteiger partial charge in [0.2, 0.25) is 5.91 Å². The molecule has 132 valence electrons. The van der Waals surface area contributed by atoms with Crippen LogP contribution >= 0.6 is 12.4 Å². The predicted molar refractivity (Wildman–Crippen MR) is 81.6 cm³/mol. The van der Waals surface area contributed by atoms with Crippen LogP contribution in [0, 0.1) is 0 Å². The summed E-state index contributed by atoms with van der Waals surface area (Å²) in [6.07, 6.45) is -4.62. The molecule has 1 amide bonds. The van der Waals surface area contributed by atoms with Crippen LogP contribution in [-0.4, -0.2) is 38.4 Å². The van der Waals surface area contributed by atoms with Crippen LogP contribution in [0.3, 0.4) is 0 Å². The smallest absolute Gasteiger partial charge is 0.422 e. The highest BCUT2D eigenvalue weighted by molar-refractivity contribution is 5.85. The number of halogens is 4. The second-order valence-electron chi connectivity index (χ2n) is 4.63. The number of methoxy groups -OCH3 is 1. The zero-order valence-electron chi connectivity index (χ0n) is 12.6. The van der Waals surface area contributed by atoms with Gasteiger partial charge in [0.25, 0.3) is 0 Å². The molecule has 0 spiro atoms. The van der Waals surface area contributed by atoms with E-state index in [0.717, 1.165) is 0 Å². The first-order valence-corrected chi connectivity index (χ1v) is 6.62. The minimum Gasteiger partial charge on any atom is -0.484 e. The van der Waals surface area contributed by atoms with Gasteiger partial charge in [-0.05, 0) is 17.7 Å². The van der Waals surface area contributed by atoms with E-state index in [0.29, 0.717) is 5.56 Å². The second kappa shape index (κ2) is 10.3. The molecule has 9 heteroatoms. The van der Waals surface area contributed by atoms with Gasteiger partial charge in [-0.1, -0.05) is 12.1 Å². The molecule has 3 N–H and O–H groups in total. The van der Waals surface area contributed by atoms with Gasteiger partial charge in [0.05, 0.1) is 12.5 Å². The molecule has 0 aliphatic heterocycles. The molecule has 1 aromatic carbocycles. The molecule has 0 fully saturated rings. The van der Waals surface area contributed by atoms with E-state index in [2.05, 4.69) is 10.1 Å². The molecule has 0 radical (unpaired) electrons. The Morgan fingerprint density at radius 3 is 2.65 bits per heavy atom. The quantitative estimate of drug-likeness (QED) is 0.747. The van der Waals surface area contributed by atoms with Crippen molar-refractivity contribution >= 4 is 18.3 Å². The van der Waals surface area contributed by atoms with E-state index in [-0.39, 0.29) is 49.7 Å². The third kappa shape index (κ3) is 9.27. The van der Waals surface area contributed by atoms with E-state index in [4.69, 9.17) is 10.5 Å². The van der Waals surface area contributed by atoms with Gasteiger partial charge in [-0.2, -0.15) is 13.2 Å². The number of nitrogens with two attached hydrogens (primary N) is 1. The van der Waals surface area contributed by atoms with Gasteiger partial charge in [-0.3, -0.25) is 4.79 Å². The molecule has 1 unspecified atom stereocenters. The average Bonchev–Trinajstić information content (AvgIpc) is 2.48. The SMILES string of the molecule is COC(CN)CC(=O)NCc1cccc(OCC(F)(F)F)c1.Cl. The lowest BCUT2D eigenvalue weighted by atomic mass is 10.2. The third-order valence-electron chi connectivity index (χ3n) is 2.80. The summed E-state index contributed by atoms with van der Waals surface area (Å²) in [6.45, 7) is -0.942. The van der Waals surface area contributed by atoms with Crippen LogP contribution in [0.15, 0.2) is 24.3 Å². The highest BCUT2D eigenvalue weighted by Gasteiger charge is 2.28. The molecule has 5 nitrogen and oxygen atoms in total. The molecule has 1 rings (SSSR count). The molecular weight excluding hydrogens is 337 g/mol. The van der Waals surface area contributed by atoms with Gasteiger partial charge >= 0.3 is 6.18 Å². The molecule has 0 saturated heterocycles. The number of hydrogen-bond acceptors (Lipinski definition) is 4. The van der Waals surface area contributed by atoms with Crippen molar-refractivity contribution in [2.75, 3.05) is 20.3 Å². The summed E-state index contributed by atoms with van der Waals surface area (Å²) < 4.78 is 45.9. The van der Waals surface area contributed by atoms with Crippen molar-refractivity contribution in [3.63, 3.8) is 0 Å². The summed E-state index contributed by atoms with van der Waals surface area (Å²) in [5.74, 6) is -0.153. The van der Waals surface area contributed by atoms with Gasteiger partial charge in [-0.15, -0.1) is 12.4 Å². The van der Waals surface area contributed by atoms with E-state index >= 15 is 0 Å². The van der Waals surface area contributed by atoms with Crippen molar-refractivity contribution in [2.24, 2.45) is 5.73 Å². The Morgan fingerprint density at radius 2 is 2.09 bits per heavy atom. The molecule has 0 aromatic heterocycles.